The van der Waals surface area contributed by atoms with Crippen molar-refractivity contribution in [1.29, 1.82) is 0 Å². The highest BCUT2D eigenvalue weighted by atomic mass is 19.3. The van der Waals surface area contributed by atoms with Crippen molar-refractivity contribution in [3.8, 4) is 0 Å². The van der Waals surface area contributed by atoms with Crippen LogP contribution in [-0.2, 0) is 0 Å². The Hall–Kier alpha value is -1.39. The van der Waals surface area contributed by atoms with E-state index in [1.807, 2.05) is 0 Å². The van der Waals surface area contributed by atoms with Crippen LogP contribution in [0.25, 0.3) is 0 Å². The lowest BCUT2D eigenvalue weighted by molar-refractivity contribution is -0.0748. The lowest BCUT2D eigenvalue weighted by atomic mass is 9.97. The van der Waals surface area contributed by atoms with Gasteiger partial charge in [-0.25, -0.2) is 8.78 Å². The number of alkyl halides is 2. The van der Waals surface area contributed by atoms with Crippen LogP contribution in [0, 0.1) is 0 Å². The zero-order valence-electron chi connectivity index (χ0n) is 14.2. The lowest BCUT2D eigenvalue weighted by Gasteiger charge is -2.28. The minimum absolute atomic E-state index is 0.0588. The molecule has 3 nitrogen and oxygen atoms in total. The van der Waals surface area contributed by atoms with Gasteiger partial charge in [-0.05, 0) is 18.6 Å². The van der Waals surface area contributed by atoms with Gasteiger partial charge < -0.3 is 4.42 Å². The van der Waals surface area contributed by atoms with Crippen LogP contribution in [-0.4, -0.2) is 29.7 Å². The summed E-state index contributed by atoms with van der Waals surface area (Å²) in [6.45, 7) is 2.18. The van der Waals surface area contributed by atoms with Crippen molar-refractivity contribution in [2.24, 2.45) is 5.10 Å². The molecule has 2 rings (SSSR count). The average molecular weight is 326 g/mol. The van der Waals surface area contributed by atoms with Gasteiger partial charge in [0, 0.05) is 19.9 Å². The standard InChI is InChI=1S/C18H28F2N2O/c1-3-4-5-6-7-8-9-12-18(19,20)17-14-15(21-22(17)2)16-11-10-13-23-16/h10-11,13,17H,3-9,12,14H2,1-2H3. The van der Waals surface area contributed by atoms with Gasteiger partial charge in [0.15, 0.2) is 0 Å². The maximum atomic E-state index is 14.5. The molecule has 1 aromatic heterocycles. The van der Waals surface area contributed by atoms with Gasteiger partial charge in [0.25, 0.3) is 5.92 Å². The maximum absolute atomic E-state index is 14.5. The molecule has 0 fully saturated rings. The minimum Gasteiger partial charge on any atom is -0.463 e. The Morgan fingerprint density at radius 2 is 1.91 bits per heavy atom. The van der Waals surface area contributed by atoms with Crippen LogP contribution >= 0.6 is 0 Å². The van der Waals surface area contributed by atoms with E-state index in [2.05, 4.69) is 12.0 Å². The van der Waals surface area contributed by atoms with Gasteiger partial charge in [0.1, 0.15) is 17.5 Å². The summed E-state index contributed by atoms with van der Waals surface area (Å²) in [5.41, 5.74) is 0.613. The topological polar surface area (TPSA) is 28.7 Å². The first-order chi connectivity index (χ1) is 11.0. The van der Waals surface area contributed by atoms with E-state index in [0.29, 0.717) is 17.9 Å². The van der Waals surface area contributed by atoms with Gasteiger partial charge in [-0.1, -0.05) is 45.4 Å². The monoisotopic (exact) mass is 326 g/mol. The highest BCUT2D eigenvalue weighted by molar-refractivity contribution is 5.99. The van der Waals surface area contributed by atoms with Gasteiger partial charge >= 0.3 is 0 Å². The van der Waals surface area contributed by atoms with Crippen molar-refractivity contribution in [2.45, 2.75) is 76.7 Å². The molecule has 0 radical (unpaired) electrons. The van der Waals surface area contributed by atoms with E-state index in [0.717, 1.165) is 19.3 Å². The average Bonchev–Trinajstić information content (AvgIpc) is 3.15. The SMILES string of the molecule is CCCCCCCCCC(F)(F)C1CC(c2ccco2)=NN1C. The molecule has 5 heteroatoms. The molecule has 1 unspecified atom stereocenters. The summed E-state index contributed by atoms with van der Waals surface area (Å²) < 4.78 is 34.2. The fraction of sp³-hybridized carbons (Fsp3) is 0.722. The van der Waals surface area contributed by atoms with Crippen molar-refractivity contribution in [2.75, 3.05) is 7.05 Å². The van der Waals surface area contributed by atoms with Crippen LogP contribution in [0.4, 0.5) is 8.78 Å². The molecule has 23 heavy (non-hydrogen) atoms. The third-order valence-corrected chi connectivity index (χ3v) is 4.52. The molecule has 0 saturated carbocycles. The minimum atomic E-state index is -2.71. The van der Waals surface area contributed by atoms with Gasteiger partial charge in [0.2, 0.25) is 0 Å². The number of furan rings is 1. The zero-order chi connectivity index (χ0) is 16.7. The quantitative estimate of drug-likeness (QED) is 0.534. The van der Waals surface area contributed by atoms with E-state index in [9.17, 15) is 8.78 Å². The first-order valence-electron chi connectivity index (χ1n) is 8.76. The van der Waals surface area contributed by atoms with Crippen molar-refractivity contribution in [3.05, 3.63) is 24.2 Å². The second-order valence-corrected chi connectivity index (χ2v) is 6.45. The Bertz CT molecular complexity index is 485. The summed E-state index contributed by atoms with van der Waals surface area (Å²) in [5, 5.41) is 5.63. The molecule has 0 bridgehead atoms. The molecule has 2 heterocycles. The molecule has 1 aliphatic rings. The summed E-state index contributed by atoms with van der Waals surface area (Å²) in [7, 11) is 1.62. The lowest BCUT2D eigenvalue weighted by Crippen LogP contribution is -2.41. The molecule has 0 saturated heterocycles. The molecule has 0 aromatic carbocycles. The number of hydrazone groups is 1. The van der Waals surface area contributed by atoms with Crippen molar-refractivity contribution in [1.82, 2.24) is 5.01 Å². The molecule has 0 N–H and O–H groups in total. The second kappa shape index (κ2) is 8.46. The first kappa shape index (κ1) is 18.0. The smallest absolute Gasteiger partial charge is 0.270 e. The Balaban J connectivity index is 1.75. The number of nitrogens with zero attached hydrogens (tertiary/aromatic N) is 2. The number of unbranched alkanes of at least 4 members (excludes halogenated alkanes) is 6. The van der Waals surface area contributed by atoms with Crippen LogP contribution in [0.15, 0.2) is 27.9 Å². The van der Waals surface area contributed by atoms with Crippen molar-refractivity contribution in [3.63, 3.8) is 0 Å². The number of hydrogen-bond acceptors (Lipinski definition) is 3. The molecular formula is C18H28F2N2O. The third kappa shape index (κ3) is 5.05. The van der Waals surface area contributed by atoms with Crippen molar-refractivity contribution < 1.29 is 13.2 Å². The second-order valence-electron chi connectivity index (χ2n) is 6.45. The molecule has 0 aliphatic carbocycles. The molecular weight excluding hydrogens is 298 g/mol. The van der Waals surface area contributed by atoms with Crippen LogP contribution in [0.5, 0.6) is 0 Å². The fourth-order valence-electron chi connectivity index (χ4n) is 3.12. The zero-order valence-corrected chi connectivity index (χ0v) is 14.2. The van der Waals surface area contributed by atoms with E-state index in [-0.39, 0.29) is 12.8 Å². The highest BCUT2D eigenvalue weighted by Gasteiger charge is 2.45. The molecule has 1 atom stereocenters. The van der Waals surface area contributed by atoms with Gasteiger partial charge in [-0.2, -0.15) is 5.10 Å². The number of hydrogen-bond donors (Lipinski definition) is 0. The number of halogens is 2. The van der Waals surface area contributed by atoms with E-state index < -0.39 is 12.0 Å². The summed E-state index contributed by atoms with van der Waals surface area (Å²) >= 11 is 0. The Morgan fingerprint density at radius 1 is 1.22 bits per heavy atom. The molecule has 130 valence electrons. The van der Waals surface area contributed by atoms with E-state index >= 15 is 0 Å². The summed E-state index contributed by atoms with van der Waals surface area (Å²) in [4.78, 5) is 0. The third-order valence-electron chi connectivity index (χ3n) is 4.52. The molecule has 1 aromatic rings. The van der Waals surface area contributed by atoms with E-state index in [1.165, 1.54) is 24.3 Å². The predicted octanol–water partition coefficient (Wildman–Crippen LogP) is 5.46. The van der Waals surface area contributed by atoms with Gasteiger partial charge in [-0.15, -0.1) is 0 Å². The van der Waals surface area contributed by atoms with E-state index in [1.54, 1.807) is 25.4 Å². The fourth-order valence-corrected chi connectivity index (χ4v) is 3.12. The summed E-state index contributed by atoms with van der Waals surface area (Å²) in [6, 6.07) is 2.66. The van der Waals surface area contributed by atoms with Gasteiger partial charge in [0.05, 0.1) is 6.26 Å². The highest BCUT2D eigenvalue weighted by Crippen LogP contribution is 2.35. The molecule has 1 aliphatic heterocycles. The van der Waals surface area contributed by atoms with Crippen LogP contribution in [0.1, 0.15) is 70.5 Å². The Morgan fingerprint density at radius 3 is 2.57 bits per heavy atom. The van der Waals surface area contributed by atoms with Crippen molar-refractivity contribution >= 4 is 5.71 Å². The van der Waals surface area contributed by atoms with Gasteiger partial charge in [-0.3, -0.25) is 5.01 Å². The maximum Gasteiger partial charge on any atom is 0.270 e. The first-order valence-corrected chi connectivity index (χ1v) is 8.76. The normalized spacial score (nSPS) is 18.5. The molecule has 0 spiro atoms. The predicted molar refractivity (Wildman–Crippen MR) is 89.0 cm³/mol. The van der Waals surface area contributed by atoms with Crippen LogP contribution < -0.4 is 0 Å². The molecule has 0 amide bonds. The summed E-state index contributed by atoms with van der Waals surface area (Å²) in [6.07, 6.45) is 9.10. The summed E-state index contributed by atoms with van der Waals surface area (Å²) in [5.74, 6) is -2.12. The Labute approximate surface area is 137 Å². The van der Waals surface area contributed by atoms with Crippen LogP contribution in [0.3, 0.4) is 0 Å². The van der Waals surface area contributed by atoms with Crippen LogP contribution in [0.2, 0.25) is 0 Å². The number of rotatable bonds is 10. The Kier molecular flexibility index (Phi) is 6.60. The largest absolute Gasteiger partial charge is 0.463 e. The van der Waals surface area contributed by atoms with E-state index in [4.69, 9.17) is 4.42 Å².